The van der Waals surface area contributed by atoms with Crippen molar-refractivity contribution >= 4 is 5.91 Å². The Hall–Kier alpha value is -1.42. The molecular weight excluding hydrogens is 216 g/mol. The molecule has 0 bridgehead atoms. The lowest BCUT2D eigenvalue weighted by atomic mass is 10.0. The lowest BCUT2D eigenvalue weighted by Gasteiger charge is -2.18. The van der Waals surface area contributed by atoms with E-state index in [1.54, 1.807) is 6.20 Å². The van der Waals surface area contributed by atoms with Crippen LogP contribution in [0.4, 0.5) is 0 Å². The summed E-state index contributed by atoms with van der Waals surface area (Å²) in [5, 5.41) is 12.0. The number of aromatic nitrogens is 1. The van der Waals surface area contributed by atoms with Crippen LogP contribution < -0.4 is 5.32 Å². The third-order valence-electron chi connectivity index (χ3n) is 2.41. The first-order chi connectivity index (χ1) is 8.11. The minimum Gasteiger partial charge on any atom is -0.394 e. The van der Waals surface area contributed by atoms with Crippen molar-refractivity contribution < 1.29 is 9.90 Å². The maximum Gasteiger partial charge on any atom is 0.226 e. The molecule has 94 valence electrons. The van der Waals surface area contributed by atoms with Gasteiger partial charge in [-0.05, 0) is 24.5 Å². The molecule has 1 aromatic heterocycles. The van der Waals surface area contributed by atoms with E-state index >= 15 is 0 Å². The molecule has 2 N–H and O–H groups in total. The van der Waals surface area contributed by atoms with E-state index in [0.29, 0.717) is 5.92 Å². The number of aliphatic hydroxyl groups excluding tert-OH is 1. The van der Waals surface area contributed by atoms with Crippen LogP contribution in [-0.4, -0.2) is 28.6 Å². The van der Waals surface area contributed by atoms with Crippen LogP contribution in [0.5, 0.6) is 0 Å². The van der Waals surface area contributed by atoms with E-state index in [4.69, 9.17) is 5.11 Å². The SMILES string of the molecule is CC(C)CC(CO)NC(=O)Cc1ccccn1. The Labute approximate surface area is 102 Å². The highest BCUT2D eigenvalue weighted by molar-refractivity contribution is 5.78. The molecule has 1 aromatic rings. The predicted octanol–water partition coefficient (Wildman–Crippen LogP) is 1.15. The minimum absolute atomic E-state index is 0.0217. The van der Waals surface area contributed by atoms with Gasteiger partial charge in [0.1, 0.15) is 0 Å². The molecule has 1 atom stereocenters. The fraction of sp³-hybridized carbons (Fsp3) is 0.538. The predicted molar refractivity (Wildman–Crippen MR) is 66.4 cm³/mol. The van der Waals surface area contributed by atoms with Crippen molar-refractivity contribution in [2.24, 2.45) is 5.92 Å². The first-order valence-electron chi connectivity index (χ1n) is 5.92. The van der Waals surface area contributed by atoms with Gasteiger partial charge in [-0.25, -0.2) is 0 Å². The summed E-state index contributed by atoms with van der Waals surface area (Å²) >= 11 is 0. The molecule has 17 heavy (non-hydrogen) atoms. The zero-order valence-corrected chi connectivity index (χ0v) is 10.4. The maximum absolute atomic E-state index is 11.7. The van der Waals surface area contributed by atoms with Crippen LogP contribution in [0.15, 0.2) is 24.4 Å². The summed E-state index contributed by atoms with van der Waals surface area (Å²) in [6.45, 7) is 4.10. The van der Waals surface area contributed by atoms with Crippen LogP contribution in [0.2, 0.25) is 0 Å². The molecule has 1 rings (SSSR count). The second-order valence-corrected chi connectivity index (χ2v) is 4.57. The molecule has 0 saturated heterocycles. The monoisotopic (exact) mass is 236 g/mol. The largest absolute Gasteiger partial charge is 0.394 e. The van der Waals surface area contributed by atoms with Gasteiger partial charge >= 0.3 is 0 Å². The Morgan fingerprint density at radius 3 is 2.76 bits per heavy atom. The number of carbonyl (C=O) groups is 1. The molecular formula is C13H20N2O2. The summed E-state index contributed by atoms with van der Waals surface area (Å²) in [6, 6.07) is 5.33. The molecule has 0 radical (unpaired) electrons. The summed E-state index contributed by atoms with van der Waals surface area (Å²) in [4.78, 5) is 15.8. The van der Waals surface area contributed by atoms with Gasteiger partial charge in [0.25, 0.3) is 0 Å². The fourth-order valence-corrected chi connectivity index (χ4v) is 1.69. The van der Waals surface area contributed by atoms with E-state index in [2.05, 4.69) is 24.1 Å². The lowest BCUT2D eigenvalue weighted by Crippen LogP contribution is -2.39. The zero-order chi connectivity index (χ0) is 12.7. The number of hydrogen-bond donors (Lipinski definition) is 2. The normalized spacial score (nSPS) is 12.5. The highest BCUT2D eigenvalue weighted by Crippen LogP contribution is 2.04. The number of rotatable bonds is 6. The van der Waals surface area contributed by atoms with Crippen LogP contribution in [0.1, 0.15) is 26.0 Å². The van der Waals surface area contributed by atoms with Crippen LogP contribution in [0, 0.1) is 5.92 Å². The molecule has 4 heteroatoms. The number of pyridine rings is 1. The Morgan fingerprint density at radius 1 is 1.47 bits per heavy atom. The highest BCUT2D eigenvalue weighted by atomic mass is 16.3. The van der Waals surface area contributed by atoms with Gasteiger partial charge in [0.2, 0.25) is 5.91 Å². The number of nitrogens with zero attached hydrogens (tertiary/aromatic N) is 1. The van der Waals surface area contributed by atoms with E-state index in [1.165, 1.54) is 0 Å². The van der Waals surface area contributed by atoms with Crippen molar-refractivity contribution in [3.8, 4) is 0 Å². The Kier molecular flexibility index (Phi) is 5.63. The lowest BCUT2D eigenvalue weighted by molar-refractivity contribution is -0.121. The molecule has 0 aliphatic rings. The van der Waals surface area contributed by atoms with Crippen LogP contribution in [-0.2, 0) is 11.2 Å². The minimum atomic E-state index is -0.161. The highest BCUT2D eigenvalue weighted by Gasteiger charge is 2.13. The molecule has 1 unspecified atom stereocenters. The average Bonchev–Trinajstić information content (AvgIpc) is 2.28. The van der Waals surface area contributed by atoms with Gasteiger partial charge in [0.15, 0.2) is 0 Å². The van der Waals surface area contributed by atoms with Gasteiger partial charge in [-0.1, -0.05) is 19.9 Å². The summed E-state index contributed by atoms with van der Waals surface area (Å²) in [6.07, 6.45) is 2.71. The Morgan fingerprint density at radius 2 is 2.24 bits per heavy atom. The summed E-state index contributed by atoms with van der Waals surface area (Å²) in [5.74, 6) is 0.353. The standard InChI is InChI=1S/C13H20N2O2/c1-10(2)7-12(9-16)15-13(17)8-11-5-3-4-6-14-11/h3-6,10,12,16H,7-9H2,1-2H3,(H,15,17). The smallest absolute Gasteiger partial charge is 0.226 e. The number of aliphatic hydroxyl groups is 1. The van der Waals surface area contributed by atoms with Crippen molar-refractivity contribution in [2.75, 3.05) is 6.61 Å². The first kappa shape index (κ1) is 13.6. The van der Waals surface area contributed by atoms with Crippen LogP contribution in [0.3, 0.4) is 0 Å². The molecule has 0 fully saturated rings. The number of carbonyl (C=O) groups excluding carboxylic acids is 1. The number of hydrogen-bond acceptors (Lipinski definition) is 3. The third kappa shape index (κ3) is 5.45. The van der Waals surface area contributed by atoms with E-state index in [0.717, 1.165) is 12.1 Å². The van der Waals surface area contributed by atoms with Gasteiger partial charge in [-0.2, -0.15) is 0 Å². The van der Waals surface area contributed by atoms with Crippen molar-refractivity contribution in [1.82, 2.24) is 10.3 Å². The maximum atomic E-state index is 11.7. The van der Waals surface area contributed by atoms with Crippen molar-refractivity contribution in [1.29, 1.82) is 0 Å². The van der Waals surface area contributed by atoms with E-state index in [1.807, 2.05) is 18.2 Å². The van der Waals surface area contributed by atoms with Crippen molar-refractivity contribution in [2.45, 2.75) is 32.7 Å². The summed E-state index contributed by atoms with van der Waals surface area (Å²) < 4.78 is 0. The number of amides is 1. The number of nitrogens with one attached hydrogen (secondary N) is 1. The molecule has 4 nitrogen and oxygen atoms in total. The van der Waals surface area contributed by atoms with Gasteiger partial charge in [0.05, 0.1) is 19.1 Å². The quantitative estimate of drug-likeness (QED) is 0.778. The Balaban J connectivity index is 2.43. The second-order valence-electron chi connectivity index (χ2n) is 4.57. The summed E-state index contributed by atoms with van der Waals surface area (Å²) in [5.41, 5.74) is 0.742. The van der Waals surface area contributed by atoms with Crippen molar-refractivity contribution in [3.05, 3.63) is 30.1 Å². The van der Waals surface area contributed by atoms with E-state index in [9.17, 15) is 4.79 Å². The topological polar surface area (TPSA) is 62.2 Å². The van der Waals surface area contributed by atoms with Gasteiger partial charge in [-0.3, -0.25) is 9.78 Å². The third-order valence-corrected chi connectivity index (χ3v) is 2.41. The zero-order valence-electron chi connectivity index (χ0n) is 10.4. The Bertz CT molecular complexity index is 339. The van der Waals surface area contributed by atoms with Gasteiger partial charge < -0.3 is 10.4 Å². The fourth-order valence-electron chi connectivity index (χ4n) is 1.69. The van der Waals surface area contributed by atoms with Gasteiger partial charge in [0, 0.05) is 11.9 Å². The van der Waals surface area contributed by atoms with Crippen LogP contribution >= 0.6 is 0 Å². The molecule has 0 saturated carbocycles. The first-order valence-corrected chi connectivity index (χ1v) is 5.92. The molecule has 1 amide bonds. The van der Waals surface area contributed by atoms with E-state index < -0.39 is 0 Å². The average molecular weight is 236 g/mol. The molecule has 0 aliphatic carbocycles. The molecule has 1 heterocycles. The van der Waals surface area contributed by atoms with Crippen LogP contribution in [0.25, 0.3) is 0 Å². The van der Waals surface area contributed by atoms with Crippen molar-refractivity contribution in [3.63, 3.8) is 0 Å². The second kappa shape index (κ2) is 7.01. The molecule has 0 aliphatic heterocycles. The van der Waals surface area contributed by atoms with E-state index in [-0.39, 0.29) is 25.0 Å². The summed E-state index contributed by atoms with van der Waals surface area (Å²) in [7, 11) is 0. The van der Waals surface area contributed by atoms with Gasteiger partial charge in [-0.15, -0.1) is 0 Å². The molecule has 0 aromatic carbocycles. The molecule has 0 spiro atoms.